The van der Waals surface area contributed by atoms with Gasteiger partial charge >= 0.3 is 5.97 Å². The molecular formula is C30H31N3O7S. The number of benzene rings is 2. The molecule has 0 spiro atoms. The van der Waals surface area contributed by atoms with E-state index in [2.05, 4.69) is 4.99 Å². The highest BCUT2D eigenvalue weighted by atomic mass is 32.1. The fourth-order valence-corrected chi connectivity index (χ4v) is 6.53. The molecule has 0 bridgehead atoms. The van der Waals surface area contributed by atoms with Gasteiger partial charge < -0.3 is 23.8 Å². The van der Waals surface area contributed by atoms with E-state index < -0.39 is 17.6 Å². The summed E-state index contributed by atoms with van der Waals surface area (Å²) < 4.78 is 23.7. The number of carbonyl (C=O) groups excluding carboxylic acids is 2. The average Bonchev–Trinajstić information content (AvgIpc) is 3.43. The first-order valence-electron chi connectivity index (χ1n) is 13.1. The SMILES string of the molecule is CCOC(=O)C1=C(C)N=c2s/c(=C3/C(=O)N(C(C)C)c4ccccc43)c(=O)n2[C@H]1c1cc(OC)c(OC)c(OC)c1. The summed E-state index contributed by atoms with van der Waals surface area (Å²) >= 11 is 1.12. The number of fused-ring (bicyclic) bond motifs is 2. The second-order valence-electron chi connectivity index (χ2n) is 9.74. The van der Waals surface area contributed by atoms with Crippen LogP contribution in [0.5, 0.6) is 17.2 Å². The number of hydrogen-bond acceptors (Lipinski definition) is 9. The Morgan fingerprint density at radius 2 is 1.71 bits per heavy atom. The first-order valence-corrected chi connectivity index (χ1v) is 13.9. The molecule has 2 aliphatic rings. The van der Waals surface area contributed by atoms with Crippen molar-refractivity contribution in [3.63, 3.8) is 0 Å². The molecule has 0 radical (unpaired) electrons. The predicted octanol–water partition coefficient (Wildman–Crippen LogP) is 2.95. The number of anilines is 1. The summed E-state index contributed by atoms with van der Waals surface area (Å²) in [6.45, 7) is 7.41. The summed E-state index contributed by atoms with van der Waals surface area (Å²) in [5.74, 6) is 0.235. The Balaban J connectivity index is 1.86. The first kappa shape index (κ1) is 28.2. The van der Waals surface area contributed by atoms with Crippen LogP contribution in [0.3, 0.4) is 0 Å². The van der Waals surface area contributed by atoms with Crippen molar-refractivity contribution in [2.24, 2.45) is 4.99 Å². The molecule has 3 heterocycles. The van der Waals surface area contributed by atoms with Crippen molar-refractivity contribution in [1.82, 2.24) is 4.57 Å². The maximum Gasteiger partial charge on any atom is 0.338 e. The van der Waals surface area contributed by atoms with E-state index in [-0.39, 0.29) is 28.7 Å². The lowest BCUT2D eigenvalue weighted by Crippen LogP contribution is -2.41. The summed E-state index contributed by atoms with van der Waals surface area (Å²) in [5.41, 5.74) is 2.44. The second-order valence-corrected chi connectivity index (χ2v) is 10.7. The number of carbonyl (C=O) groups is 2. The van der Waals surface area contributed by atoms with E-state index in [1.807, 2.05) is 38.1 Å². The number of ether oxygens (including phenoxy) is 4. The zero-order valence-corrected chi connectivity index (χ0v) is 24.8. The van der Waals surface area contributed by atoms with Crippen molar-refractivity contribution in [1.29, 1.82) is 0 Å². The molecule has 0 fully saturated rings. The smallest absolute Gasteiger partial charge is 0.338 e. The zero-order valence-electron chi connectivity index (χ0n) is 23.9. The van der Waals surface area contributed by atoms with Gasteiger partial charge in [-0.1, -0.05) is 29.5 Å². The van der Waals surface area contributed by atoms with Crippen LogP contribution >= 0.6 is 11.3 Å². The maximum absolute atomic E-state index is 14.3. The monoisotopic (exact) mass is 577 g/mol. The summed E-state index contributed by atoms with van der Waals surface area (Å²) in [4.78, 5) is 48.1. The van der Waals surface area contributed by atoms with Crippen molar-refractivity contribution < 1.29 is 28.5 Å². The molecule has 2 aliphatic heterocycles. The fourth-order valence-electron chi connectivity index (χ4n) is 5.39. The third-order valence-electron chi connectivity index (χ3n) is 7.10. The number of rotatable bonds is 7. The van der Waals surface area contributed by atoms with Crippen LogP contribution in [0.1, 0.15) is 44.9 Å². The van der Waals surface area contributed by atoms with Crippen molar-refractivity contribution in [2.75, 3.05) is 32.8 Å². The van der Waals surface area contributed by atoms with Crippen molar-refractivity contribution >= 4 is 34.5 Å². The van der Waals surface area contributed by atoms with E-state index >= 15 is 0 Å². The van der Waals surface area contributed by atoms with Gasteiger partial charge in [0.15, 0.2) is 16.3 Å². The van der Waals surface area contributed by atoms with Crippen LogP contribution in [0.15, 0.2) is 57.5 Å². The Bertz CT molecular complexity index is 1760. The molecule has 10 nitrogen and oxygen atoms in total. The Morgan fingerprint density at radius 1 is 1.05 bits per heavy atom. The first-order chi connectivity index (χ1) is 19.7. The van der Waals surface area contributed by atoms with E-state index in [1.165, 1.54) is 25.9 Å². The van der Waals surface area contributed by atoms with Crippen molar-refractivity contribution in [3.05, 3.63) is 78.5 Å². The summed E-state index contributed by atoms with van der Waals surface area (Å²) in [6, 6.07) is 9.77. The van der Waals surface area contributed by atoms with E-state index in [4.69, 9.17) is 18.9 Å². The standard InChI is InChI=1S/C30H31N3O7S/c1-8-40-29(36)22-16(4)31-30-33(24(22)17-13-20(37-5)25(39-7)21(14-17)38-6)28(35)26(41-30)23-18-11-9-10-12-19(18)32(15(2)3)27(23)34/h9-15,24H,8H2,1-7H3/b26-23+/t24-/m0/s1. The van der Waals surface area contributed by atoms with Crippen LogP contribution in [0.2, 0.25) is 0 Å². The van der Waals surface area contributed by atoms with Gasteiger partial charge in [0.25, 0.3) is 11.5 Å². The number of esters is 1. The number of hydrogen-bond donors (Lipinski definition) is 0. The lowest BCUT2D eigenvalue weighted by Gasteiger charge is -2.26. The molecule has 0 saturated carbocycles. The van der Waals surface area contributed by atoms with Crippen LogP contribution < -0.4 is 34.0 Å². The molecule has 0 unspecified atom stereocenters. The van der Waals surface area contributed by atoms with Crippen molar-refractivity contribution in [3.8, 4) is 17.2 Å². The van der Waals surface area contributed by atoms with Crippen molar-refractivity contribution in [2.45, 2.75) is 39.8 Å². The maximum atomic E-state index is 14.3. The molecule has 1 atom stereocenters. The number of para-hydroxylation sites is 1. The quantitative estimate of drug-likeness (QED) is 0.398. The largest absolute Gasteiger partial charge is 0.493 e. The molecule has 1 aromatic heterocycles. The molecular weight excluding hydrogens is 546 g/mol. The normalized spacial score (nSPS) is 17.3. The summed E-state index contributed by atoms with van der Waals surface area (Å²) in [5, 5.41) is 0. The third-order valence-corrected chi connectivity index (χ3v) is 8.16. The molecule has 0 N–H and O–H groups in total. The number of methoxy groups -OCH3 is 3. The van der Waals surface area contributed by atoms with Gasteiger partial charge in [0.2, 0.25) is 5.75 Å². The van der Waals surface area contributed by atoms with Gasteiger partial charge in [-0.2, -0.15) is 0 Å². The Kier molecular flexibility index (Phi) is 7.48. The van der Waals surface area contributed by atoms with Gasteiger partial charge in [0.1, 0.15) is 4.53 Å². The van der Waals surface area contributed by atoms with Gasteiger partial charge in [0.05, 0.1) is 56.5 Å². The number of allylic oxidation sites excluding steroid dienone is 1. The van der Waals surface area contributed by atoms with Gasteiger partial charge in [-0.05, 0) is 51.5 Å². The van der Waals surface area contributed by atoms with Gasteiger partial charge in [-0.25, -0.2) is 9.79 Å². The van der Waals surface area contributed by atoms with Gasteiger partial charge in [-0.15, -0.1) is 0 Å². The Morgan fingerprint density at radius 3 is 2.29 bits per heavy atom. The average molecular weight is 578 g/mol. The van der Waals surface area contributed by atoms with E-state index in [9.17, 15) is 14.4 Å². The van der Waals surface area contributed by atoms with Gasteiger partial charge in [0, 0.05) is 11.6 Å². The summed E-state index contributed by atoms with van der Waals surface area (Å²) in [6.07, 6.45) is 0. The highest BCUT2D eigenvalue weighted by molar-refractivity contribution is 7.07. The van der Waals surface area contributed by atoms with Gasteiger partial charge in [-0.3, -0.25) is 14.2 Å². The molecule has 41 heavy (non-hydrogen) atoms. The molecule has 5 rings (SSSR count). The zero-order chi connectivity index (χ0) is 29.6. The number of aromatic nitrogens is 1. The van der Waals surface area contributed by atoms with E-state index in [0.29, 0.717) is 44.4 Å². The minimum absolute atomic E-state index is 0.116. The van der Waals surface area contributed by atoms with E-state index in [0.717, 1.165) is 17.0 Å². The third kappa shape index (κ3) is 4.40. The lowest BCUT2D eigenvalue weighted by molar-refractivity contribution is -0.139. The molecule has 0 saturated heterocycles. The van der Waals surface area contributed by atoms with Crippen LogP contribution in [0.4, 0.5) is 5.69 Å². The highest BCUT2D eigenvalue weighted by Crippen LogP contribution is 2.42. The molecule has 214 valence electrons. The molecule has 2 aromatic carbocycles. The highest BCUT2D eigenvalue weighted by Gasteiger charge is 2.38. The lowest BCUT2D eigenvalue weighted by atomic mass is 9.95. The Hall–Kier alpha value is -4.38. The minimum atomic E-state index is -0.929. The number of amides is 1. The molecule has 11 heteroatoms. The predicted molar refractivity (Wildman–Crippen MR) is 155 cm³/mol. The topological polar surface area (TPSA) is 109 Å². The van der Waals surface area contributed by atoms with Crippen LogP contribution in [-0.4, -0.2) is 50.4 Å². The fraction of sp³-hybridized carbons (Fsp3) is 0.333. The summed E-state index contributed by atoms with van der Waals surface area (Å²) in [7, 11) is 4.48. The molecule has 0 aliphatic carbocycles. The molecule has 3 aromatic rings. The number of nitrogens with zero attached hydrogens (tertiary/aromatic N) is 3. The van der Waals surface area contributed by atoms with Crippen LogP contribution in [0.25, 0.3) is 5.57 Å². The minimum Gasteiger partial charge on any atom is -0.493 e. The van der Waals surface area contributed by atoms with E-state index in [1.54, 1.807) is 30.9 Å². The molecule has 1 amide bonds. The number of thiazole rings is 1. The van der Waals surface area contributed by atoms with Crippen LogP contribution in [0, 0.1) is 0 Å². The van der Waals surface area contributed by atoms with Crippen LogP contribution in [-0.2, 0) is 14.3 Å². The second kappa shape index (κ2) is 10.9. The Labute approximate surface area is 240 Å².